The summed E-state index contributed by atoms with van der Waals surface area (Å²) in [6.07, 6.45) is 2.34. The lowest BCUT2D eigenvalue weighted by atomic mass is 10.0. The second-order valence-corrected chi connectivity index (χ2v) is 4.65. The lowest BCUT2D eigenvalue weighted by Gasteiger charge is -2.25. The van der Waals surface area contributed by atoms with Crippen molar-refractivity contribution < 1.29 is 4.39 Å². The molecule has 3 heteroatoms. The smallest absolute Gasteiger partial charge is 0.146 e. The number of nitrogens with zero attached hydrogens (tertiary/aromatic N) is 1. The minimum Gasteiger partial charge on any atom is -0.369 e. The van der Waals surface area contributed by atoms with Crippen molar-refractivity contribution in [2.24, 2.45) is 0 Å². The fraction of sp³-hybridized carbons (Fsp3) is 0.571. The molecule has 0 aliphatic carbocycles. The van der Waals surface area contributed by atoms with Crippen molar-refractivity contribution in [2.75, 3.05) is 24.5 Å². The molecule has 2 nitrogen and oxygen atoms in total. The van der Waals surface area contributed by atoms with Crippen LogP contribution in [-0.2, 0) is 0 Å². The standard InChI is InChI=1S/C14H21FN2/c1-3-16-11(2)12-7-6-8-13(15)14(12)17-9-4-5-10-17/h6-8,11,16H,3-5,9-10H2,1-2H3. The Morgan fingerprint density at radius 3 is 2.71 bits per heavy atom. The lowest BCUT2D eigenvalue weighted by molar-refractivity contribution is 0.580. The number of hydrogen-bond donors (Lipinski definition) is 1. The topological polar surface area (TPSA) is 15.3 Å². The third-order valence-corrected chi connectivity index (χ3v) is 3.42. The van der Waals surface area contributed by atoms with E-state index in [2.05, 4.69) is 24.1 Å². The quantitative estimate of drug-likeness (QED) is 0.864. The van der Waals surface area contributed by atoms with E-state index in [-0.39, 0.29) is 11.9 Å². The van der Waals surface area contributed by atoms with Crippen LogP contribution >= 0.6 is 0 Å². The summed E-state index contributed by atoms with van der Waals surface area (Å²) in [7, 11) is 0. The van der Waals surface area contributed by atoms with Gasteiger partial charge in [0, 0.05) is 19.1 Å². The number of benzene rings is 1. The van der Waals surface area contributed by atoms with Gasteiger partial charge in [0.05, 0.1) is 5.69 Å². The van der Waals surface area contributed by atoms with E-state index in [0.717, 1.165) is 30.9 Å². The first-order valence-electron chi connectivity index (χ1n) is 6.50. The summed E-state index contributed by atoms with van der Waals surface area (Å²) in [5.41, 5.74) is 1.88. The van der Waals surface area contributed by atoms with E-state index >= 15 is 0 Å². The minimum absolute atomic E-state index is 0.0887. The van der Waals surface area contributed by atoms with Crippen LogP contribution in [0.3, 0.4) is 0 Å². The van der Waals surface area contributed by atoms with Gasteiger partial charge in [0.15, 0.2) is 0 Å². The number of halogens is 1. The average Bonchev–Trinajstić information content (AvgIpc) is 2.82. The third-order valence-electron chi connectivity index (χ3n) is 3.42. The van der Waals surface area contributed by atoms with Crippen molar-refractivity contribution in [3.05, 3.63) is 29.6 Å². The predicted molar refractivity (Wildman–Crippen MR) is 69.9 cm³/mol. The molecule has 1 atom stereocenters. The normalized spacial score (nSPS) is 17.5. The van der Waals surface area contributed by atoms with Crippen molar-refractivity contribution in [1.82, 2.24) is 5.32 Å². The predicted octanol–water partition coefficient (Wildman–Crippen LogP) is 3.10. The molecule has 0 amide bonds. The highest BCUT2D eigenvalue weighted by Gasteiger charge is 2.21. The first-order chi connectivity index (χ1) is 8.24. The zero-order valence-electron chi connectivity index (χ0n) is 10.7. The van der Waals surface area contributed by atoms with Crippen molar-refractivity contribution in [2.45, 2.75) is 32.7 Å². The number of rotatable bonds is 4. The Kier molecular flexibility index (Phi) is 4.00. The van der Waals surface area contributed by atoms with Crippen LogP contribution in [0.15, 0.2) is 18.2 Å². The van der Waals surface area contributed by atoms with Gasteiger partial charge in [-0.1, -0.05) is 19.1 Å². The SMILES string of the molecule is CCNC(C)c1cccc(F)c1N1CCCC1. The molecule has 0 aromatic heterocycles. The number of para-hydroxylation sites is 1. The molecule has 1 unspecified atom stereocenters. The molecule has 0 saturated carbocycles. The Labute approximate surface area is 103 Å². The number of hydrogen-bond acceptors (Lipinski definition) is 2. The highest BCUT2D eigenvalue weighted by atomic mass is 19.1. The van der Waals surface area contributed by atoms with E-state index in [0.29, 0.717) is 0 Å². The van der Waals surface area contributed by atoms with Gasteiger partial charge in [-0.05, 0) is 37.9 Å². The molecule has 17 heavy (non-hydrogen) atoms. The highest BCUT2D eigenvalue weighted by molar-refractivity contribution is 5.56. The molecule has 1 saturated heterocycles. The summed E-state index contributed by atoms with van der Waals surface area (Å²) in [5, 5.41) is 3.36. The molecular weight excluding hydrogens is 215 g/mol. The summed E-state index contributed by atoms with van der Waals surface area (Å²) in [6.45, 7) is 7.03. The highest BCUT2D eigenvalue weighted by Crippen LogP contribution is 2.31. The van der Waals surface area contributed by atoms with E-state index in [1.807, 2.05) is 6.07 Å². The molecule has 1 aliphatic rings. The lowest BCUT2D eigenvalue weighted by Crippen LogP contribution is -2.25. The molecule has 1 aliphatic heterocycles. The molecule has 0 bridgehead atoms. The first-order valence-corrected chi connectivity index (χ1v) is 6.50. The van der Waals surface area contributed by atoms with Crippen LogP contribution in [-0.4, -0.2) is 19.6 Å². The number of anilines is 1. The Morgan fingerprint density at radius 1 is 1.35 bits per heavy atom. The van der Waals surface area contributed by atoms with Gasteiger partial charge in [0.2, 0.25) is 0 Å². The monoisotopic (exact) mass is 236 g/mol. The maximum atomic E-state index is 14.0. The van der Waals surface area contributed by atoms with Gasteiger partial charge in [-0.2, -0.15) is 0 Å². The van der Waals surface area contributed by atoms with Crippen LogP contribution in [0.25, 0.3) is 0 Å². The second kappa shape index (κ2) is 5.50. The molecule has 1 N–H and O–H groups in total. The molecule has 1 fully saturated rings. The fourth-order valence-electron chi connectivity index (χ4n) is 2.57. The van der Waals surface area contributed by atoms with Crippen molar-refractivity contribution in [1.29, 1.82) is 0 Å². The molecule has 1 aromatic carbocycles. The molecule has 2 rings (SSSR count). The Morgan fingerprint density at radius 2 is 2.06 bits per heavy atom. The maximum Gasteiger partial charge on any atom is 0.146 e. The van der Waals surface area contributed by atoms with Gasteiger partial charge in [0.25, 0.3) is 0 Å². The van der Waals surface area contributed by atoms with Crippen LogP contribution in [0.4, 0.5) is 10.1 Å². The third kappa shape index (κ3) is 2.60. The summed E-state index contributed by atoms with van der Waals surface area (Å²) in [5.74, 6) is -0.0887. The van der Waals surface area contributed by atoms with Crippen molar-refractivity contribution >= 4 is 5.69 Å². The van der Waals surface area contributed by atoms with Gasteiger partial charge in [0.1, 0.15) is 5.82 Å². The number of nitrogens with one attached hydrogen (secondary N) is 1. The van der Waals surface area contributed by atoms with E-state index in [4.69, 9.17) is 0 Å². The first kappa shape index (κ1) is 12.4. The minimum atomic E-state index is -0.0887. The van der Waals surface area contributed by atoms with E-state index in [1.54, 1.807) is 12.1 Å². The van der Waals surface area contributed by atoms with E-state index < -0.39 is 0 Å². The van der Waals surface area contributed by atoms with Crippen LogP contribution < -0.4 is 10.2 Å². The van der Waals surface area contributed by atoms with Crippen molar-refractivity contribution in [3.63, 3.8) is 0 Å². The summed E-state index contributed by atoms with van der Waals surface area (Å²) in [4.78, 5) is 2.18. The molecule has 94 valence electrons. The summed E-state index contributed by atoms with van der Waals surface area (Å²) in [6, 6.07) is 5.60. The maximum absolute atomic E-state index is 14.0. The summed E-state index contributed by atoms with van der Waals surface area (Å²) < 4.78 is 14.0. The largest absolute Gasteiger partial charge is 0.369 e. The Bertz CT molecular complexity index is 372. The van der Waals surface area contributed by atoms with Gasteiger partial charge in [-0.15, -0.1) is 0 Å². The van der Waals surface area contributed by atoms with Crippen LogP contribution in [0, 0.1) is 5.82 Å². The molecule has 0 radical (unpaired) electrons. The molecule has 1 aromatic rings. The fourth-order valence-corrected chi connectivity index (χ4v) is 2.57. The Hall–Kier alpha value is -1.09. The summed E-state index contributed by atoms with van der Waals surface area (Å²) >= 11 is 0. The van der Waals surface area contributed by atoms with Crippen LogP contribution in [0.5, 0.6) is 0 Å². The Balaban J connectivity index is 2.33. The van der Waals surface area contributed by atoms with Gasteiger partial charge >= 0.3 is 0 Å². The van der Waals surface area contributed by atoms with E-state index in [1.165, 1.54) is 12.8 Å². The van der Waals surface area contributed by atoms with Gasteiger partial charge in [-0.25, -0.2) is 4.39 Å². The van der Waals surface area contributed by atoms with Crippen LogP contribution in [0.1, 0.15) is 38.3 Å². The van der Waals surface area contributed by atoms with Gasteiger partial charge in [-0.3, -0.25) is 0 Å². The van der Waals surface area contributed by atoms with Gasteiger partial charge < -0.3 is 10.2 Å². The van der Waals surface area contributed by atoms with E-state index in [9.17, 15) is 4.39 Å². The van der Waals surface area contributed by atoms with Crippen LogP contribution in [0.2, 0.25) is 0 Å². The zero-order valence-corrected chi connectivity index (χ0v) is 10.7. The molecule has 1 heterocycles. The average molecular weight is 236 g/mol. The molecule has 0 spiro atoms. The second-order valence-electron chi connectivity index (χ2n) is 4.65. The zero-order chi connectivity index (χ0) is 12.3. The van der Waals surface area contributed by atoms with Crippen molar-refractivity contribution in [3.8, 4) is 0 Å². The molecular formula is C14H21FN2.